The number of nitrogens with zero attached hydrogens (tertiary/aromatic N) is 3. The van der Waals surface area contributed by atoms with Crippen LogP contribution < -0.4 is 15.4 Å². The summed E-state index contributed by atoms with van der Waals surface area (Å²) in [5.74, 6) is 1.96. The maximum atomic E-state index is 6.00. The van der Waals surface area contributed by atoms with Gasteiger partial charge in [-0.25, -0.2) is 15.0 Å². The Kier molecular flexibility index (Phi) is 7.65. The number of thiazole rings is 1. The normalized spacial score (nSPS) is 15.2. The van der Waals surface area contributed by atoms with Crippen LogP contribution in [0.1, 0.15) is 68.6 Å². The van der Waals surface area contributed by atoms with Gasteiger partial charge in [0.25, 0.3) is 0 Å². The third-order valence-corrected chi connectivity index (χ3v) is 5.59. The molecule has 0 aliphatic heterocycles. The molecule has 7 heteroatoms. The molecule has 0 unspecified atom stereocenters. The third kappa shape index (κ3) is 6.19. The van der Waals surface area contributed by atoms with Crippen LogP contribution in [-0.4, -0.2) is 28.6 Å². The molecule has 0 spiro atoms. The molecule has 0 amide bonds. The van der Waals surface area contributed by atoms with E-state index in [4.69, 9.17) is 9.73 Å². The quantitative estimate of drug-likeness (QED) is 0.511. The highest BCUT2D eigenvalue weighted by Gasteiger charge is 2.17. The number of pyridine rings is 1. The molecule has 2 N–H and O–H groups in total. The van der Waals surface area contributed by atoms with Gasteiger partial charge in [0.15, 0.2) is 5.96 Å². The molecule has 1 aliphatic rings. The molecule has 28 heavy (non-hydrogen) atoms. The molecule has 152 valence electrons. The maximum Gasteiger partial charge on any atom is 0.213 e. The summed E-state index contributed by atoms with van der Waals surface area (Å²) in [6, 6.07) is 3.99. The highest BCUT2D eigenvalue weighted by atomic mass is 32.1. The SMILES string of the molecule is CCNC(=NCc1ccnc(OC2CCCC2)c1)NCc1nc(C(C)C)cs1. The number of hydrogen-bond acceptors (Lipinski definition) is 5. The number of ether oxygens (including phenoxy) is 1. The molecule has 1 saturated carbocycles. The van der Waals surface area contributed by atoms with Crippen molar-refractivity contribution in [2.45, 2.75) is 71.6 Å². The van der Waals surface area contributed by atoms with Gasteiger partial charge in [0.1, 0.15) is 11.1 Å². The topological polar surface area (TPSA) is 71.4 Å². The maximum absolute atomic E-state index is 6.00. The van der Waals surface area contributed by atoms with E-state index in [9.17, 15) is 0 Å². The largest absolute Gasteiger partial charge is 0.474 e. The minimum atomic E-state index is 0.319. The van der Waals surface area contributed by atoms with Crippen LogP contribution in [0.2, 0.25) is 0 Å². The second-order valence-electron chi connectivity index (χ2n) is 7.40. The Morgan fingerprint density at radius 1 is 1.32 bits per heavy atom. The van der Waals surface area contributed by atoms with Gasteiger partial charge < -0.3 is 15.4 Å². The molecule has 6 nitrogen and oxygen atoms in total. The second-order valence-corrected chi connectivity index (χ2v) is 8.34. The number of nitrogens with one attached hydrogen (secondary N) is 2. The highest BCUT2D eigenvalue weighted by molar-refractivity contribution is 7.09. The zero-order valence-electron chi connectivity index (χ0n) is 17.1. The average Bonchev–Trinajstić information content (AvgIpc) is 3.36. The zero-order chi connectivity index (χ0) is 19.8. The van der Waals surface area contributed by atoms with Gasteiger partial charge in [0.05, 0.1) is 18.8 Å². The Morgan fingerprint density at radius 2 is 2.14 bits per heavy atom. The molecule has 2 aromatic heterocycles. The van der Waals surface area contributed by atoms with Gasteiger partial charge in [-0.2, -0.15) is 0 Å². The summed E-state index contributed by atoms with van der Waals surface area (Å²) in [6.45, 7) is 8.46. The fourth-order valence-electron chi connectivity index (χ4n) is 3.13. The number of guanidine groups is 1. The van der Waals surface area contributed by atoms with E-state index in [0.717, 1.165) is 41.6 Å². The number of hydrogen-bond donors (Lipinski definition) is 2. The summed E-state index contributed by atoms with van der Waals surface area (Å²) >= 11 is 1.69. The van der Waals surface area contributed by atoms with Crippen LogP contribution in [0.15, 0.2) is 28.7 Å². The lowest BCUT2D eigenvalue weighted by molar-refractivity contribution is 0.201. The summed E-state index contributed by atoms with van der Waals surface area (Å²) in [4.78, 5) is 13.7. The minimum Gasteiger partial charge on any atom is -0.474 e. The van der Waals surface area contributed by atoms with Gasteiger partial charge in [0.2, 0.25) is 5.88 Å². The summed E-state index contributed by atoms with van der Waals surface area (Å²) in [5.41, 5.74) is 2.24. The average molecular weight is 402 g/mol. The Morgan fingerprint density at radius 3 is 2.86 bits per heavy atom. The Hall–Kier alpha value is -2.15. The first kappa shape index (κ1) is 20.6. The standard InChI is InChI=1S/C21H31N5OS/c1-4-22-21(25-13-20-26-18(14-28-20)15(2)3)24-12-16-9-10-23-19(11-16)27-17-7-5-6-8-17/h9-11,14-15,17H,4-8,12-13H2,1-3H3,(H2,22,24,25). The van der Waals surface area contributed by atoms with E-state index in [1.54, 1.807) is 17.5 Å². The zero-order valence-corrected chi connectivity index (χ0v) is 17.9. The van der Waals surface area contributed by atoms with Crippen molar-refractivity contribution in [3.63, 3.8) is 0 Å². The Bertz CT molecular complexity index is 768. The van der Waals surface area contributed by atoms with Crippen molar-refractivity contribution in [1.82, 2.24) is 20.6 Å². The van der Waals surface area contributed by atoms with Crippen molar-refractivity contribution in [3.05, 3.63) is 40.0 Å². The summed E-state index contributed by atoms with van der Waals surface area (Å²) in [7, 11) is 0. The molecule has 1 fully saturated rings. The molecule has 0 radical (unpaired) electrons. The fourth-order valence-corrected chi connectivity index (χ4v) is 4.03. The van der Waals surface area contributed by atoms with E-state index in [1.165, 1.54) is 12.8 Å². The van der Waals surface area contributed by atoms with Crippen LogP contribution >= 0.6 is 11.3 Å². The van der Waals surface area contributed by atoms with Gasteiger partial charge in [-0.1, -0.05) is 13.8 Å². The fraction of sp³-hybridized carbons (Fsp3) is 0.571. The van der Waals surface area contributed by atoms with E-state index >= 15 is 0 Å². The smallest absolute Gasteiger partial charge is 0.213 e. The van der Waals surface area contributed by atoms with Crippen LogP contribution in [0.25, 0.3) is 0 Å². The molecular weight excluding hydrogens is 370 g/mol. The van der Waals surface area contributed by atoms with Crippen LogP contribution in [0.3, 0.4) is 0 Å². The molecular formula is C21H31N5OS. The van der Waals surface area contributed by atoms with Crippen molar-refractivity contribution in [1.29, 1.82) is 0 Å². The summed E-state index contributed by atoms with van der Waals surface area (Å²) in [6.07, 6.45) is 6.90. The monoisotopic (exact) mass is 401 g/mol. The van der Waals surface area contributed by atoms with Crippen molar-refractivity contribution in [2.24, 2.45) is 4.99 Å². The van der Waals surface area contributed by atoms with Crippen molar-refractivity contribution >= 4 is 17.3 Å². The molecule has 0 atom stereocenters. The van der Waals surface area contributed by atoms with Crippen LogP contribution in [0.4, 0.5) is 0 Å². The summed E-state index contributed by atoms with van der Waals surface area (Å²) in [5, 5.41) is 9.88. The van der Waals surface area contributed by atoms with Crippen molar-refractivity contribution in [2.75, 3.05) is 6.54 Å². The molecule has 2 aromatic rings. The molecule has 0 saturated heterocycles. The lowest BCUT2D eigenvalue weighted by atomic mass is 10.2. The lowest BCUT2D eigenvalue weighted by Gasteiger charge is -2.13. The van der Waals surface area contributed by atoms with Gasteiger partial charge in [-0.15, -0.1) is 11.3 Å². The first-order valence-electron chi connectivity index (χ1n) is 10.2. The van der Waals surface area contributed by atoms with Crippen LogP contribution in [0.5, 0.6) is 5.88 Å². The third-order valence-electron chi connectivity index (χ3n) is 4.72. The van der Waals surface area contributed by atoms with Gasteiger partial charge in [-0.05, 0) is 50.2 Å². The van der Waals surface area contributed by atoms with Gasteiger partial charge in [0, 0.05) is 24.2 Å². The Balaban J connectivity index is 1.57. The summed E-state index contributed by atoms with van der Waals surface area (Å²) < 4.78 is 6.00. The van der Waals surface area contributed by atoms with Gasteiger partial charge in [-0.3, -0.25) is 0 Å². The number of aromatic nitrogens is 2. The van der Waals surface area contributed by atoms with E-state index in [1.807, 2.05) is 12.1 Å². The predicted molar refractivity (Wildman–Crippen MR) is 115 cm³/mol. The minimum absolute atomic E-state index is 0.319. The predicted octanol–water partition coefficient (Wildman–Crippen LogP) is 4.24. The molecule has 1 aliphatic carbocycles. The number of rotatable bonds is 8. The van der Waals surface area contributed by atoms with Gasteiger partial charge >= 0.3 is 0 Å². The molecule has 0 bridgehead atoms. The lowest BCUT2D eigenvalue weighted by Crippen LogP contribution is -2.36. The number of aliphatic imine (C=N–C) groups is 1. The van der Waals surface area contributed by atoms with E-state index in [-0.39, 0.29) is 0 Å². The molecule has 3 rings (SSSR count). The Labute approximate surface area is 171 Å². The molecule has 0 aromatic carbocycles. The van der Waals surface area contributed by atoms with E-state index < -0.39 is 0 Å². The van der Waals surface area contributed by atoms with E-state index in [2.05, 4.69) is 46.8 Å². The van der Waals surface area contributed by atoms with Crippen LogP contribution in [0, 0.1) is 0 Å². The second kappa shape index (κ2) is 10.4. The van der Waals surface area contributed by atoms with E-state index in [0.29, 0.717) is 31.0 Å². The molecule has 2 heterocycles. The van der Waals surface area contributed by atoms with Crippen LogP contribution in [-0.2, 0) is 13.1 Å². The first-order chi connectivity index (χ1) is 13.6. The first-order valence-corrected chi connectivity index (χ1v) is 11.1. The van der Waals surface area contributed by atoms with Crippen molar-refractivity contribution < 1.29 is 4.74 Å². The highest BCUT2D eigenvalue weighted by Crippen LogP contribution is 2.23. The van der Waals surface area contributed by atoms with Crippen molar-refractivity contribution in [3.8, 4) is 5.88 Å².